The summed E-state index contributed by atoms with van der Waals surface area (Å²) in [6.45, 7) is 17.8. The molecule has 0 amide bonds. The lowest BCUT2D eigenvalue weighted by Gasteiger charge is -2.39. The monoisotopic (exact) mass is 355 g/mol. The number of piperazine rings is 1. The summed E-state index contributed by atoms with van der Waals surface area (Å²) in [5.41, 5.74) is -0.506. The minimum absolute atomic E-state index is 0.534. The fraction of sp³-hybridized carbons (Fsp3) is 1.00. The van der Waals surface area contributed by atoms with Crippen LogP contribution in [0, 0.1) is 11.3 Å². The molecule has 1 aliphatic heterocycles. The van der Waals surface area contributed by atoms with Crippen LogP contribution in [0.2, 0.25) is 0 Å². The molecular weight excluding hydrogens is 313 g/mol. The predicted octanol–water partition coefficient (Wildman–Crippen LogP) is 3.94. The van der Waals surface area contributed by atoms with Crippen molar-refractivity contribution in [1.29, 1.82) is 0 Å². The molecule has 1 saturated heterocycles. The van der Waals surface area contributed by atoms with Crippen LogP contribution in [0.25, 0.3) is 0 Å². The fourth-order valence-electron chi connectivity index (χ4n) is 4.37. The lowest BCUT2D eigenvalue weighted by molar-refractivity contribution is 0.0406. The summed E-state index contributed by atoms with van der Waals surface area (Å²) in [4.78, 5) is 4.83. The molecule has 1 heterocycles. The van der Waals surface area contributed by atoms with Crippen molar-refractivity contribution in [1.82, 2.24) is 15.1 Å². The normalized spacial score (nSPS) is 24.0. The first-order chi connectivity index (χ1) is 11.8. The van der Waals surface area contributed by atoms with E-state index in [0.717, 1.165) is 45.2 Å². The van der Waals surface area contributed by atoms with Crippen molar-refractivity contribution < 1.29 is 4.39 Å². The van der Waals surface area contributed by atoms with Crippen molar-refractivity contribution in [2.45, 2.75) is 78.4 Å². The third-order valence-electron chi connectivity index (χ3n) is 6.33. The zero-order valence-corrected chi connectivity index (χ0v) is 17.4. The summed E-state index contributed by atoms with van der Waals surface area (Å²) >= 11 is 0. The molecule has 1 unspecified atom stereocenters. The van der Waals surface area contributed by atoms with Crippen molar-refractivity contribution in [2.75, 3.05) is 45.8 Å². The quantitative estimate of drug-likeness (QED) is 0.566. The van der Waals surface area contributed by atoms with Crippen LogP contribution in [0.3, 0.4) is 0 Å². The summed E-state index contributed by atoms with van der Waals surface area (Å²) in [6.07, 6.45) is 5.29. The van der Waals surface area contributed by atoms with Crippen LogP contribution in [-0.2, 0) is 0 Å². The van der Waals surface area contributed by atoms with Crippen molar-refractivity contribution in [3.63, 3.8) is 0 Å². The van der Waals surface area contributed by atoms with Gasteiger partial charge in [-0.15, -0.1) is 0 Å². The second kappa shape index (κ2) is 9.14. The van der Waals surface area contributed by atoms with Gasteiger partial charge in [0.1, 0.15) is 5.67 Å². The molecule has 1 atom stereocenters. The highest BCUT2D eigenvalue weighted by Crippen LogP contribution is 2.50. The van der Waals surface area contributed by atoms with E-state index in [4.69, 9.17) is 0 Å². The van der Waals surface area contributed by atoms with Gasteiger partial charge in [-0.05, 0) is 63.8 Å². The van der Waals surface area contributed by atoms with E-state index in [9.17, 15) is 0 Å². The second-order valence-corrected chi connectivity index (χ2v) is 9.44. The van der Waals surface area contributed by atoms with Gasteiger partial charge in [0.2, 0.25) is 0 Å². The number of nitrogens with one attached hydrogen (secondary N) is 1. The molecule has 2 fully saturated rings. The summed E-state index contributed by atoms with van der Waals surface area (Å²) in [7, 11) is 0. The largest absolute Gasteiger partial charge is 0.316 e. The zero-order chi connectivity index (χ0) is 18.5. The van der Waals surface area contributed by atoms with Crippen LogP contribution in [0.15, 0.2) is 0 Å². The van der Waals surface area contributed by atoms with Gasteiger partial charge in [0, 0.05) is 45.3 Å². The smallest absolute Gasteiger partial charge is 0.124 e. The molecular formula is C21H42FN3. The van der Waals surface area contributed by atoms with Gasteiger partial charge < -0.3 is 5.32 Å². The summed E-state index contributed by atoms with van der Waals surface area (Å²) in [6, 6.07) is 0.605. The molecule has 0 aromatic rings. The molecule has 25 heavy (non-hydrogen) atoms. The van der Waals surface area contributed by atoms with Crippen molar-refractivity contribution >= 4 is 0 Å². The maximum Gasteiger partial charge on any atom is 0.124 e. The molecule has 1 saturated carbocycles. The molecule has 148 valence electrons. The van der Waals surface area contributed by atoms with Crippen LogP contribution in [0.5, 0.6) is 0 Å². The Morgan fingerprint density at radius 2 is 1.72 bits per heavy atom. The standard InChI is InChI=1S/C21H42FN3/c1-6-21(22,17-24-11-13-25(14-12-24)19(4)5)9-10-23-16-20(7-8-20)15-18(2)3/h18-19,23H,6-17H2,1-5H3. The molecule has 4 heteroatoms. The predicted molar refractivity (Wildman–Crippen MR) is 106 cm³/mol. The minimum Gasteiger partial charge on any atom is -0.316 e. The van der Waals surface area contributed by atoms with Crippen LogP contribution in [0.1, 0.15) is 66.7 Å². The lowest BCUT2D eigenvalue weighted by atomic mass is 9.93. The van der Waals surface area contributed by atoms with E-state index < -0.39 is 5.67 Å². The van der Waals surface area contributed by atoms with Gasteiger partial charge >= 0.3 is 0 Å². The highest BCUT2D eigenvalue weighted by Gasteiger charge is 2.42. The average molecular weight is 356 g/mol. The summed E-state index contributed by atoms with van der Waals surface area (Å²) in [5, 5.41) is 3.58. The fourth-order valence-corrected chi connectivity index (χ4v) is 4.37. The number of hydrogen-bond acceptors (Lipinski definition) is 3. The van der Waals surface area contributed by atoms with Crippen molar-refractivity contribution in [3.8, 4) is 0 Å². The number of nitrogens with zero attached hydrogens (tertiary/aromatic N) is 2. The van der Waals surface area contributed by atoms with Crippen molar-refractivity contribution in [2.24, 2.45) is 11.3 Å². The number of hydrogen-bond donors (Lipinski definition) is 1. The molecule has 2 rings (SSSR count). The Hall–Kier alpha value is -0.190. The Bertz CT molecular complexity index is 387. The Kier molecular flexibility index (Phi) is 7.72. The van der Waals surface area contributed by atoms with E-state index >= 15 is 4.39 Å². The van der Waals surface area contributed by atoms with Gasteiger partial charge in [-0.3, -0.25) is 9.80 Å². The Morgan fingerprint density at radius 3 is 2.20 bits per heavy atom. The van der Waals surface area contributed by atoms with Gasteiger partial charge in [-0.25, -0.2) is 4.39 Å². The lowest BCUT2D eigenvalue weighted by Crippen LogP contribution is -2.52. The Labute approximate surface area is 155 Å². The van der Waals surface area contributed by atoms with Gasteiger partial charge in [0.15, 0.2) is 0 Å². The highest BCUT2D eigenvalue weighted by atomic mass is 19.1. The van der Waals surface area contributed by atoms with E-state index in [1.807, 2.05) is 6.92 Å². The van der Waals surface area contributed by atoms with E-state index in [1.165, 1.54) is 19.3 Å². The van der Waals surface area contributed by atoms with Gasteiger partial charge in [0.05, 0.1) is 0 Å². The van der Waals surface area contributed by atoms with E-state index in [2.05, 4.69) is 42.8 Å². The Balaban J connectivity index is 1.68. The first kappa shape index (κ1) is 21.1. The number of alkyl halides is 1. The number of halogens is 1. The van der Waals surface area contributed by atoms with E-state index in [1.54, 1.807) is 0 Å². The first-order valence-corrected chi connectivity index (χ1v) is 10.6. The van der Waals surface area contributed by atoms with Gasteiger partial charge in [0.25, 0.3) is 0 Å². The molecule has 0 bridgehead atoms. The molecule has 0 aromatic carbocycles. The average Bonchev–Trinajstić information content (AvgIpc) is 3.31. The zero-order valence-electron chi connectivity index (χ0n) is 17.4. The number of rotatable bonds is 11. The maximum absolute atomic E-state index is 15.3. The Morgan fingerprint density at radius 1 is 1.08 bits per heavy atom. The highest BCUT2D eigenvalue weighted by molar-refractivity contribution is 4.95. The second-order valence-electron chi connectivity index (χ2n) is 9.44. The molecule has 0 radical (unpaired) electrons. The SMILES string of the molecule is CCC(F)(CCNCC1(CC(C)C)CC1)CN1CCN(C(C)C)CC1. The molecule has 3 nitrogen and oxygen atoms in total. The minimum atomic E-state index is -1.04. The first-order valence-electron chi connectivity index (χ1n) is 10.6. The molecule has 1 N–H and O–H groups in total. The van der Waals surface area contributed by atoms with Crippen LogP contribution >= 0.6 is 0 Å². The third kappa shape index (κ3) is 6.80. The molecule has 1 aliphatic carbocycles. The summed E-state index contributed by atoms with van der Waals surface area (Å²) in [5.74, 6) is 0.768. The molecule has 0 spiro atoms. The molecule has 2 aliphatic rings. The summed E-state index contributed by atoms with van der Waals surface area (Å²) < 4.78 is 15.3. The van der Waals surface area contributed by atoms with E-state index in [0.29, 0.717) is 30.8 Å². The van der Waals surface area contributed by atoms with Gasteiger partial charge in [-0.2, -0.15) is 0 Å². The van der Waals surface area contributed by atoms with Gasteiger partial charge in [-0.1, -0.05) is 20.8 Å². The van der Waals surface area contributed by atoms with Crippen molar-refractivity contribution in [3.05, 3.63) is 0 Å². The van der Waals surface area contributed by atoms with Crippen LogP contribution in [-0.4, -0.2) is 67.3 Å². The third-order valence-corrected chi connectivity index (χ3v) is 6.33. The van der Waals surface area contributed by atoms with Crippen LogP contribution < -0.4 is 5.32 Å². The maximum atomic E-state index is 15.3. The van der Waals surface area contributed by atoms with E-state index in [-0.39, 0.29) is 0 Å². The topological polar surface area (TPSA) is 18.5 Å². The van der Waals surface area contributed by atoms with Crippen LogP contribution in [0.4, 0.5) is 4.39 Å². The molecule has 0 aromatic heterocycles.